The van der Waals surface area contributed by atoms with E-state index in [2.05, 4.69) is 10.1 Å². The molecular formula is C22H17N3O4S. The Morgan fingerprint density at radius 1 is 1.17 bits per heavy atom. The van der Waals surface area contributed by atoms with E-state index in [1.165, 1.54) is 34.2 Å². The number of thiophene rings is 1. The standard InChI is InChI=1S/C22H17N3O4S/c26-21-19-16-3-1-2-4-18(16)30-20(19)23-12-25(21)24-11-15-9-10-17(29-15)13-5-7-14(8-6-13)22(27)28/h5-12H,1-4H2,(H,27,28). The molecule has 3 heterocycles. The molecule has 8 heteroatoms. The average Bonchev–Trinajstić information content (AvgIpc) is 3.38. The molecule has 0 radical (unpaired) electrons. The van der Waals surface area contributed by atoms with Crippen molar-refractivity contribution in [1.82, 2.24) is 9.66 Å². The van der Waals surface area contributed by atoms with Crippen LogP contribution < -0.4 is 5.56 Å². The minimum Gasteiger partial charge on any atom is -0.478 e. The molecule has 1 N–H and O–H groups in total. The number of aryl methyl sites for hydroxylation is 2. The molecule has 0 amide bonds. The predicted molar refractivity (Wildman–Crippen MR) is 115 cm³/mol. The highest BCUT2D eigenvalue weighted by molar-refractivity contribution is 7.18. The highest BCUT2D eigenvalue weighted by atomic mass is 32.1. The molecule has 1 aliphatic rings. The minimum absolute atomic E-state index is 0.160. The van der Waals surface area contributed by atoms with Crippen molar-refractivity contribution in [1.29, 1.82) is 0 Å². The van der Waals surface area contributed by atoms with Crippen molar-refractivity contribution < 1.29 is 14.3 Å². The molecule has 7 nitrogen and oxygen atoms in total. The van der Waals surface area contributed by atoms with Crippen LogP contribution in [-0.2, 0) is 12.8 Å². The smallest absolute Gasteiger partial charge is 0.335 e. The molecule has 0 atom stereocenters. The predicted octanol–water partition coefficient (Wildman–Crippen LogP) is 4.18. The molecule has 4 aromatic rings. The zero-order valence-corrected chi connectivity index (χ0v) is 16.7. The summed E-state index contributed by atoms with van der Waals surface area (Å²) in [5, 5.41) is 13.9. The Kier molecular flexibility index (Phi) is 4.55. The van der Waals surface area contributed by atoms with Crippen molar-refractivity contribution in [3.8, 4) is 11.3 Å². The van der Waals surface area contributed by atoms with E-state index in [9.17, 15) is 9.59 Å². The van der Waals surface area contributed by atoms with Gasteiger partial charge in [0.15, 0.2) is 0 Å². The van der Waals surface area contributed by atoms with E-state index < -0.39 is 5.97 Å². The first-order valence-corrected chi connectivity index (χ1v) is 10.4. The highest BCUT2D eigenvalue weighted by Gasteiger charge is 2.19. The summed E-state index contributed by atoms with van der Waals surface area (Å²) in [6, 6.07) is 9.94. The van der Waals surface area contributed by atoms with Crippen LogP contribution in [0.3, 0.4) is 0 Å². The van der Waals surface area contributed by atoms with Crippen LogP contribution in [0.5, 0.6) is 0 Å². The first-order chi connectivity index (χ1) is 14.6. The summed E-state index contributed by atoms with van der Waals surface area (Å²) in [6.07, 6.45) is 7.11. The number of aromatic nitrogens is 2. The number of carboxylic acid groups (broad SMARTS) is 1. The SMILES string of the molecule is O=C(O)c1ccc(-c2ccc(C=Nn3cnc4sc5c(c4c3=O)CCCC5)o2)cc1. The van der Waals surface area contributed by atoms with Gasteiger partial charge in [-0.15, -0.1) is 11.3 Å². The molecule has 5 rings (SSSR count). The summed E-state index contributed by atoms with van der Waals surface area (Å²) in [7, 11) is 0. The maximum Gasteiger partial charge on any atom is 0.335 e. The topological polar surface area (TPSA) is 97.7 Å². The average molecular weight is 419 g/mol. The lowest BCUT2D eigenvalue weighted by molar-refractivity contribution is 0.0697. The van der Waals surface area contributed by atoms with Crippen LogP contribution >= 0.6 is 11.3 Å². The zero-order valence-electron chi connectivity index (χ0n) is 15.9. The summed E-state index contributed by atoms with van der Waals surface area (Å²) in [5.74, 6) is 0.0876. The van der Waals surface area contributed by atoms with Crippen LogP contribution in [0.2, 0.25) is 0 Å². The Hall–Kier alpha value is -3.52. The molecule has 0 aliphatic heterocycles. The molecule has 0 unspecified atom stereocenters. The second-order valence-corrected chi connectivity index (χ2v) is 8.20. The Morgan fingerprint density at radius 3 is 2.77 bits per heavy atom. The molecular weight excluding hydrogens is 402 g/mol. The summed E-state index contributed by atoms with van der Waals surface area (Å²) < 4.78 is 7.01. The first kappa shape index (κ1) is 18.5. The molecule has 1 aliphatic carbocycles. The fourth-order valence-electron chi connectivity index (χ4n) is 3.69. The molecule has 1 aromatic carbocycles. The van der Waals surface area contributed by atoms with Crippen molar-refractivity contribution in [3.05, 3.63) is 74.8 Å². The number of hydrogen-bond donors (Lipinski definition) is 1. The van der Waals surface area contributed by atoms with Gasteiger partial charge in [-0.1, -0.05) is 12.1 Å². The van der Waals surface area contributed by atoms with E-state index in [1.54, 1.807) is 35.6 Å². The van der Waals surface area contributed by atoms with Gasteiger partial charge in [0.2, 0.25) is 0 Å². The van der Waals surface area contributed by atoms with Gasteiger partial charge in [0.25, 0.3) is 5.56 Å². The quantitative estimate of drug-likeness (QED) is 0.501. The molecule has 0 saturated carbocycles. The van der Waals surface area contributed by atoms with E-state index in [0.29, 0.717) is 16.9 Å². The normalized spacial score (nSPS) is 13.7. The van der Waals surface area contributed by atoms with Gasteiger partial charge in [0.1, 0.15) is 22.7 Å². The second kappa shape index (κ2) is 7.38. The molecule has 30 heavy (non-hydrogen) atoms. The highest BCUT2D eigenvalue weighted by Crippen LogP contribution is 2.33. The third-order valence-electron chi connectivity index (χ3n) is 5.21. The maximum atomic E-state index is 12.9. The lowest BCUT2D eigenvalue weighted by atomic mass is 9.97. The van der Waals surface area contributed by atoms with E-state index in [-0.39, 0.29) is 11.1 Å². The first-order valence-electron chi connectivity index (χ1n) is 9.60. The van der Waals surface area contributed by atoms with Gasteiger partial charge in [0.05, 0.1) is 17.2 Å². The third-order valence-corrected chi connectivity index (χ3v) is 6.41. The second-order valence-electron chi connectivity index (χ2n) is 7.11. The van der Waals surface area contributed by atoms with Crippen LogP contribution in [-0.4, -0.2) is 27.0 Å². The van der Waals surface area contributed by atoms with Crippen LogP contribution in [0.4, 0.5) is 0 Å². The van der Waals surface area contributed by atoms with E-state index in [1.807, 2.05) is 0 Å². The Labute approximate surface area is 174 Å². The fraction of sp³-hybridized carbons (Fsp3) is 0.182. The number of nitrogens with zero attached hydrogens (tertiary/aromatic N) is 3. The number of hydrogen-bond acceptors (Lipinski definition) is 6. The lowest BCUT2D eigenvalue weighted by Crippen LogP contribution is -2.17. The molecule has 3 aromatic heterocycles. The van der Waals surface area contributed by atoms with E-state index >= 15 is 0 Å². The summed E-state index contributed by atoms with van der Waals surface area (Å²) >= 11 is 1.61. The monoisotopic (exact) mass is 419 g/mol. The lowest BCUT2D eigenvalue weighted by Gasteiger charge is -2.09. The number of carbonyl (C=O) groups is 1. The van der Waals surface area contributed by atoms with Crippen molar-refractivity contribution in [3.63, 3.8) is 0 Å². The summed E-state index contributed by atoms with van der Waals surface area (Å²) in [4.78, 5) is 30.4. The van der Waals surface area contributed by atoms with Crippen molar-refractivity contribution in [2.45, 2.75) is 25.7 Å². The van der Waals surface area contributed by atoms with Gasteiger partial charge in [-0.25, -0.2) is 9.78 Å². The summed E-state index contributed by atoms with van der Waals surface area (Å²) in [6.45, 7) is 0. The number of aromatic carboxylic acids is 1. The molecule has 150 valence electrons. The Morgan fingerprint density at radius 2 is 1.97 bits per heavy atom. The van der Waals surface area contributed by atoms with Gasteiger partial charge in [-0.2, -0.15) is 9.78 Å². The van der Waals surface area contributed by atoms with Crippen molar-refractivity contribution >= 4 is 33.7 Å². The molecule has 0 fully saturated rings. The van der Waals surface area contributed by atoms with Gasteiger partial charge in [-0.3, -0.25) is 4.79 Å². The number of carboxylic acids is 1. The van der Waals surface area contributed by atoms with Gasteiger partial charge in [-0.05, 0) is 55.5 Å². The largest absolute Gasteiger partial charge is 0.478 e. The minimum atomic E-state index is -0.975. The van der Waals surface area contributed by atoms with Crippen molar-refractivity contribution in [2.24, 2.45) is 5.10 Å². The number of fused-ring (bicyclic) bond motifs is 3. The maximum absolute atomic E-state index is 12.9. The molecule has 0 spiro atoms. The van der Waals surface area contributed by atoms with Crippen LogP contribution in [0.1, 0.15) is 39.4 Å². The van der Waals surface area contributed by atoms with Crippen LogP contribution in [0.15, 0.2) is 57.0 Å². The third kappa shape index (κ3) is 3.25. The zero-order chi connectivity index (χ0) is 20.7. The summed E-state index contributed by atoms with van der Waals surface area (Å²) in [5.41, 5.74) is 1.94. The fourth-order valence-corrected chi connectivity index (χ4v) is 4.91. The number of rotatable bonds is 4. The van der Waals surface area contributed by atoms with Gasteiger partial charge >= 0.3 is 5.97 Å². The molecule has 0 bridgehead atoms. The van der Waals surface area contributed by atoms with Crippen LogP contribution in [0, 0.1) is 0 Å². The van der Waals surface area contributed by atoms with E-state index in [0.717, 1.165) is 41.6 Å². The van der Waals surface area contributed by atoms with Gasteiger partial charge < -0.3 is 9.52 Å². The number of benzene rings is 1. The van der Waals surface area contributed by atoms with Crippen LogP contribution in [0.25, 0.3) is 21.5 Å². The van der Waals surface area contributed by atoms with E-state index in [4.69, 9.17) is 9.52 Å². The molecule has 0 saturated heterocycles. The van der Waals surface area contributed by atoms with Gasteiger partial charge in [0, 0.05) is 10.4 Å². The van der Waals surface area contributed by atoms with Crippen molar-refractivity contribution in [2.75, 3.05) is 0 Å². The Balaban J connectivity index is 1.43. The number of furan rings is 1. The Bertz CT molecular complexity index is 1350.